The van der Waals surface area contributed by atoms with Crippen molar-refractivity contribution < 1.29 is 4.57 Å². The van der Waals surface area contributed by atoms with Crippen molar-refractivity contribution in [1.82, 2.24) is 4.57 Å². The van der Waals surface area contributed by atoms with Crippen molar-refractivity contribution in [2.45, 2.75) is 59.5 Å². The van der Waals surface area contributed by atoms with Gasteiger partial charge < -0.3 is 0 Å². The van der Waals surface area contributed by atoms with Crippen LogP contribution in [-0.2, 0) is 13.1 Å². The molecule has 0 radical (unpaired) electrons. The molecule has 2 aromatic rings. The van der Waals surface area contributed by atoms with E-state index in [1.807, 2.05) is 0 Å². The molecular formula is C16H25N2+. The zero-order valence-electron chi connectivity index (χ0n) is 11.9. The lowest BCUT2D eigenvalue weighted by molar-refractivity contribution is -0.678. The molecule has 0 atom stereocenters. The van der Waals surface area contributed by atoms with Gasteiger partial charge in [0, 0.05) is 6.92 Å². The number of benzene rings is 1. The molecule has 0 aliphatic rings. The van der Waals surface area contributed by atoms with Crippen molar-refractivity contribution in [3.8, 4) is 0 Å². The van der Waals surface area contributed by atoms with E-state index in [-0.39, 0.29) is 0 Å². The summed E-state index contributed by atoms with van der Waals surface area (Å²) in [6.07, 6.45) is 5.02. The minimum atomic E-state index is 1.14. The molecule has 2 heteroatoms. The molecule has 0 aliphatic heterocycles. The molecule has 98 valence electrons. The summed E-state index contributed by atoms with van der Waals surface area (Å²) < 4.78 is 4.96. The normalized spacial score (nSPS) is 11.3. The van der Waals surface area contributed by atoms with E-state index in [2.05, 4.69) is 54.2 Å². The fourth-order valence-electron chi connectivity index (χ4n) is 2.61. The van der Waals surface area contributed by atoms with Crippen molar-refractivity contribution in [2.75, 3.05) is 0 Å². The average Bonchev–Trinajstić information content (AvgIpc) is 2.66. The molecule has 2 rings (SSSR count). The summed E-state index contributed by atoms with van der Waals surface area (Å²) in [5.74, 6) is 1.40. The Kier molecular flexibility index (Phi) is 4.40. The van der Waals surface area contributed by atoms with Crippen LogP contribution in [0, 0.1) is 6.92 Å². The third-order valence-corrected chi connectivity index (χ3v) is 3.72. The molecule has 0 bridgehead atoms. The molecule has 0 fully saturated rings. The quantitative estimate of drug-likeness (QED) is 0.684. The van der Waals surface area contributed by atoms with E-state index in [1.54, 1.807) is 0 Å². The first kappa shape index (κ1) is 13.1. The fourth-order valence-corrected chi connectivity index (χ4v) is 2.61. The lowest BCUT2D eigenvalue weighted by Crippen LogP contribution is -2.36. The summed E-state index contributed by atoms with van der Waals surface area (Å²) in [6, 6.07) is 8.80. The van der Waals surface area contributed by atoms with Gasteiger partial charge in [-0.1, -0.05) is 38.8 Å². The first-order valence-electron chi connectivity index (χ1n) is 7.27. The van der Waals surface area contributed by atoms with E-state index < -0.39 is 0 Å². The maximum atomic E-state index is 2.48. The van der Waals surface area contributed by atoms with Crippen molar-refractivity contribution in [3.63, 3.8) is 0 Å². The van der Waals surface area contributed by atoms with Crippen LogP contribution in [0.4, 0.5) is 0 Å². The van der Waals surface area contributed by atoms with Gasteiger partial charge in [-0.25, -0.2) is 9.13 Å². The van der Waals surface area contributed by atoms with Gasteiger partial charge in [-0.05, 0) is 25.0 Å². The van der Waals surface area contributed by atoms with Gasteiger partial charge in [0.15, 0.2) is 11.0 Å². The Labute approximate surface area is 110 Å². The number of unbranched alkanes of at least 4 members (excludes halogenated alkanes) is 2. The Morgan fingerprint density at radius 2 is 1.78 bits per heavy atom. The van der Waals surface area contributed by atoms with Crippen molar-refractivity contribution in [2.24, 2.45) is 0 Å². The highest BCUT2D eigenvalue weighted by atomic mass is 15.2. The average molecular weight is 245 g/mol. The van der Waals surface area contributed by atoms with E-state index in [0.29, 0.717) is 0 Å². The van der Waals surface area contributed by atoms with Crippen molar-refractivity contribution >= 4 is 11.0 Å². The lowest BCUT2D eigenvalue weighted by Gasteiger charge is -2.00. The SMILES string of the molecule is CCCCn1c(C)[n+](CCCC)c2ccccc21. The maximum Gasteiger partial charge on any atom is 0.254 e. The second-order valence-electron chi connectivity index (χ2n) is 5.05. The second kappa shape index (κ2) is 6.03. The molecule has 0 N–H and O–H groups in total. The van der Waals surface area contributed by atoms with Gasteiger partial charge in [0.05, 0.1) is 13.1 Å². The molecule has 0 saturated carbocycles. The first-order chi connectivity index (χ1) is 8.79. The van der Waals surface area contributed by atoms with E-state index in [1.165, 1.54) is 42.5 Å². The highest BCUT2D eigenvalue weighted by molar-refractivity contribution is 5.72. The highest BCUT2D eigenvalue weighted by Crippen LogP contribution is 2.15. The van der Waals surface area contributed by atoms with Crippen LogP contribution in [0.3, 0.4) is 0 Å². The predicted octanol–water partition coefficient (Wildman–Crippen LogP) is 3.84. The number of aromatic nitrogens is 2. The van der Waals surface area contributed by atoms with Crippen LogP contribution < -0.4 is 4.57 Å². The Morgan fingerprint density at radius 3 is 2.50 bits per heavy atom. The minimum absolute atomic E-state index is 1.14. The predicted molar refractivity (Wildman–Crippen MR) is 76.7 cm³/mol. The van der Waals surface area contributed by atoms with E-state index in [0.717, 1.165) is 13.1 Å². The number of hydrogen-bond donors (Lipinski definition) is 0. The standard InChI is InChI=1S/C16H25N2/c1-4-6-12-17-14(3)18(13-7-5-2)16-11-9-8-10-15(16)17/h8-11H,4-7,12-13H2,1-3H3/q+1. The van der Waals surface area contributed by atoms with Gasteiger partial charge in [0.25, 0.3) is 5.82 Å². The molecule has 0 saturated heterocycles. The van der Waals surface area contributed by atoms with Crippen molar-refractivity contribution in [1.29, 1.82) is 0 Å². The summed E-state index contributed by atoms with van der Waals surface area (Å²) in [7, 11) is 0. The van der Waals surface area contributed by atoms with Crippen LogP contribution in [0.2, 0.25) is 0 Å². The van der Waals surface area contributed by atoms with Gasteiger partial charge >= 0.3 is 0 Å². The zero-order valence-corrected chi connectivity index (χ0v) is 11.9. The number of aryl methyl sites for hydroxylation is 2. The Morgan fingerprint density at radius 1 is 1.06 bits per heavy atom. The number of hydrogen-bond acceptors (Lipinski definition) is 0. The molecule has 18 heavy (non-hydrogen) atoms. The Balaban J connectivity index is 2.45. The molecule has 0 spiro atoms. The number of imidazole rings is 1. The number of rotatable bonds is 6. The highest BCUT2D eigenvalue weighted by Gasteiger charge is 2.19. The summed E-state index contributed by atoms with van der Waals surface area (Å²) in [5.41, 5.74) is 2.78. The van der Waals surface area contributed by atoms with E-state index in [4.69, 9.17) is 0 Å². The van der Waals surface area contributed by atoms with Gasteiger partial charge in [-0.3, -0.25) is 0 Å². The lowest BCUT2D eigenvalue weighted by atomic mass is 10.3. The summed E-state index contributed by atoms with van der Waals surface area (Å²) in [6.45, 7) is 9.05. The summed E-state index contributed by atoms with van der Waals surface area (Å²) >= 11 is 0. The van der Waals surface area contributed by atoms with Crippen LogP contribution in [-0.4, -0.2) is 4.57 Å². The van der Waals surface area contributed by atoms with E-state index in [9.17, 15) is 0 Å². The molecule has 1 heterocycles. The van der Waals surface area contributed by atoms with Crippen LogP contribution >= 0.6 is 0 Å². The molecule has 1 aromatic heterocycles. The van der Waals surface area contributed by atoms with Gasteiger partial charge in [0.1, 0.15) is 0 Å². The number of fused-ring (bicyclic) bond motifs is 1. The first-order valence-corrected chi connectivity index (χ1v) is 7.27. The summed E-state index contributed by atoms with van der Waals surface area (Å²) in [5, 5.41) is 0. The van der Waals surface area contributed by atoms with Gasteiger partial charge in [-0.2, -0.15) is 0 Å². The molecule has 0 unspecified atom stereocenters. The minimum Gasteiger partial charge on any atom is -0.227 e. The molecule has 0 amide bonds. The van der Waals surface area contributed by atoms with Crippen molar-refractivity contribution in [3.05, 3.63) is 30.1 Å². The number of para-hydroxylation sites is 2. The van der Waals surface area contributed by atoms with E-state index >= 15 is 0 Å². The smallest absolute Gasteiger partial charge is 0.227 e. The Bertz CT molecular complexity index is 466. The van der Waals surface area contributed by atoms with Crippen LogP contribution in [0.1, 0.15) is 45.4 Å². The Hall–Kier alpha value is -1.31. The summed E-state index contributed by atoms with van der Waals surface area (Å²) in [4.78, 5) is 0. The zero-order chi connectivity index (χ0) is 13.0. The second-order valence-corrected chi connectivity index (χ2v) is 5.05. The largest absolute Gasteiger partial charge is 0.254 e. The third kappa shape index (κ3) is 2.43. The topological polar surface area (TPSA) is 8.81 Å². The molecule has 1 aromatic carbocycles. The monoisotopic (exact) mass is 245 g/mol. The van der Waals surface area contributed by atoms with Gasteiger partial charge in [-0.15, -0.1) is 0 Å². The third-order valence-electron chi connectivity index (χ3n) is 3.72. The maximum absolute atomic E-state index is 2.48. The van der Waals surface area contributed by atoms with Crippen LogP contribution in [0.5, 0.6) is 0 Å². The number of nitrogens with zero attached hydrogens (tertiary/aromatic N) is 2. The molecule has 2 nitrogen and oxygen atoms in total. The fraction of sp³-hybridized carbons (Fsp3) is 0.562. The van der Waals surface area contributed by atoms with Gasteiger partial charge in [0.2, 0.25) is 0 Å². The van der Waals surface area contributed by atoms with Crippen LogP contribution in [0.25, 0.3) is 11.0 Å². The molecule has 0 aliphatic carbocycles. The van der Waals surface area contributed by atoms with Crippen LogP contribution in [0.15, 0.2) is 24.3 Å². The molecular weight excluding hydrogens is 220 g/mol.